The minimum Gasteiger partial charge on any atom is -0.371 e. The Morgan fingerprint density at radius 2 is 2.20 bits per heavy atom. The van der Waals surface area contributed by atoms with Crippen LogP contribution in [0.1, 0.15) is 12.5 Å². The minimum absolute atomic E-state index is 0.133. The van der Waals surface area contributed by atoms with Gasteiger partial charge in [0.25, 0.3) is 0 Å². The highest BCUT2D eigenvalue weighted by atomic mass is 35.5. The van der Waals surface area contributed by atoms with Crippen LogP contribution >= 0.6 is 11.6 Å². The number of urea groups is 1. The molecule has 0 aliphatic carbocycles. The first-order valence-electron chi connectivity index (χ1n) is 5.65. The first-order chi connectivity index (χ1) is 9.27. The molecule has 0 radical (unpaired) electrons. The summed E-state index contributed by atoms with van der Waals surface area (Å²) in [7, 11) is 1.27. The van der Waals surface area contributed by atoms with Gasteiger partial charge in [-0.05, 0) is 30.7 Å². The van der Waals surface area contributed by atoms with Crippen LogP contribution in [0.3, 0.4) is 0 Å². The summed E-state index contributed by atoms with van der Waals surface area (Å²) < 4.78 is 26.1. The van der Waals surface area contributed by atoms with Gasteiger partial charge in [-0.1, -0.05) is 0 Å². The third-order valence-electron chi connectivity index (χ3n) is 2.98. The number of pyridine rings is 1. The fraction of sp³-hybridized carbons (Fsp3) is 0.455. The van der Waals surface area contributed by atoms with E-state index in [0.29, 0.717) is 0 Å². The highest BCUT2D eigenvalue weighted by Crippen LogP contribution is 2.35. The topological polar surface area (TPSA) is 65.9 Å². The summed E-state index contributed by atoms with van der Waals surface area (Å²) in [6.07, 6.45) is -0.185. The van der Waals surface area contributed by atoms with Gasteiger partial charge >= 0.3 is 11.4 Å². The zero-order chi connectivity index (χ0) is 15.1. The number of nitrogens with zero attached hydrogens (tertiary/aromatic N) is 3. The molecule has 2 rings (SSSR count). The molecular weight excluding hydrogens is 296 g/mol. The predicted molar refractivity (Wildman–Crippen MR) is 66.2 cm³/mol. The van der Waals surface area contributed by atoms with Gasteiger partial charge in [-0.3, -0.25) is 4.84 Å². The van der Waals surface area contributed by atoms with Crippen molar-refractivity contribution in [2.75, 3.05) is 12.0 Å². The molecule has 1 N–H and O–H groups in total. The van der Waals surface area contributed by atoms with E-state index in [1.165, 1.54) is 7.11 Å². The maximum Gasteiger partial charge on any atom is 0.352 e. The zero-order valence-electron chi connectivity index (χ0n) is 10.6. The van der Waals surface area contributed by atoms with Crippen molar-refractivity contribution in [2.24, 2.45) is 0 Å². The Balaban J connectivity index is 2.39. The molecule has 1 saturated heterocycles. The van der Waals surface area contributed by atoms with Crippen LogP contribution in [0.25, 0.3) is 0 Å². The highest BCUT2D eigenvalue weighted by Gasteiger charge is 2.45. The number of carbonyl (C=O) groups excluding carboxylic acids is 1. The molecule has 1 aromatic rings. The lowest BCUT2D eigenvalue weighted by Gasteiger charge is -2.19. The Labute approximate surface area is 118 Å². The summed E-state index contributed by atoms with van der Waals surface area (Å²) in [5, 5.41) is 7.34. The molecule has 2 amide bonds. The van der Waals surface area contributed by atoms with E-state index >= 15 is 0 Å². The summed E-state index contributed by atoms with van der Waals surface area (Å²) in [5.41, 5.74) is -0.521. The van der Waals surface area contributed by atoms with E-state index < -0.39 is 29.2 Å². The second-order valence-corrected chi connectivity index (χ2v) is 4.69. The fourth-order valence-corrected chi connectivity index (χ4v) is 2.05. The number of aliphatic hydroxyl groups is 1. The van der Waals surface area contributed by atoms with Crippen LogP contribution in [0.5, 0.6) is 0 Å². The van der Waals surface area contributed by atoms with Crippen molar-refractivity contribution in [2.45, 2.75) is 24.6 Å². The Hall–Kier alpha value is -1.51. The molecule has 0 bridgehead atoms. The summed E-state index contributed by atoms with van der Waals surface area (Å²) in [6.45, 7) is 1.55. The number of alkyl halides is 3. The van der Waals surface area contributed by atoms with Gasteiger partial charge < -0.3 is 5.11 Å². The van der Waals surface area contributed by atoms with Crippen molar-refractivity contribution >= 4 is 23.4 Å². The van der Waals surface area contributed by atoms with Crippen molar-refractivity contribution in [3.05, 3.63) is 23.9 Å². The van der Waals surface area contributed by atoms with Gasteiger partial charge in [-0.2, -0.15) is 13.8 Å². The monoisotopic (exact) mass is 307 g/mol. The van der Waals surface area contributed by atoms with Crippen LogP contribution in [0.2, 0.25) is 0 Å². The number of carbonyl (C=O) groups is 1. The largest absolute Gasteiger partial charge is 0.371 e. The van der Waals surface area contributed by atoms with Gasteiger partial charge in [-0.15, -0.1) is 0 Å². The van der Waals surface area contributed by atoms with Gasteiger partial charge in [0, 0.05) is 11.8 Å². The lowest BCUT2D eigenvalue weighted by Crippen LogP contribution is -2.36. The molecule has 2 heterocycles. The van der Waals surface area contributed by atoms with Crippen molar-refractivity contribution in [1.29, 1.82) is 0 Å². The van der Waals surface area contributed by atoms with Crippen molar-refractivity contribution < 1.29 is 23.5 Å². The smallest absolute Gasteiger partial charge is 0.352 e. The first-order valence-corrected chi connectivity index (χ1v) is 6.03. The van der Waals surface area contributed by atoms with Crippen LogP contribution in [0, 0.1) is 0 Å². The van der Waals surface area contributed by atoms with Gasteiger partial charge in [0.2, 0.25) is 0 Å². The average Bonchev–Trinajstić information content (AvgIpc) is 2.59. The van der Waals surface area contributed by atoms with E-state index in [0.717, 1.165) is 28.3 Å². The second-order valence-electron chi connectivity index (χ2n) is 4.22. The fourth-order valence-electron chi connectivity index (χ4n) is 1.93. The molecule has 1 unspecified atom stereocenters. The summed E-state index contributed by atoms with van der Waals surface area (Å²) >= 11 is 4.93. The minimum atomic E-state index is -3.59. The standard InChI is InChI=1S/C11H12ClF2N3O3/c1-6-9(18)16(10(19)17(6)20-2)8-5-7(3-4-15-8)11(12,13)14/h3-6,9,18H,1-2H3/t6-,9?/m0/s1. The van der Waals surface area contributed by atoms with E-state index in [2.05, 4.69) is 4.98 Å². The Morgan fingerprint density at radius 1 is 1.55 bits per heavy atom. The molecule has 1 aromatic heterocycles. The van der Waals surface area contributed by atoms with E-state index in [9.17, 15) is 18.7 Å². The quantitative estimate of drug-likeness (QED) is 0.866. The molecular formula is C11H12ClF2N3O3. The third-order valence-corrected chi connectivity index (χ3v) is 3.20. The number of amides is 2. The van der Waals surface area contributed by atoms with Crippen LogP contribution < -0.4 is 4.90 Å². The molecule has 0 spiro atoms. The highest BCUT2D eigenvalue weighted by molar-refractivity contribution is 6.21. The SMILES string of the molecule is CON1C(=O)N(c2cc(C(F)(F)Cl)ccn2)C(O)[C@@H]1C. The van der Waals surface area contributed by atoms with Gasteiger partial charge in [0.1, 0.15) is 11.9 Å². The number of aliphatic hydroxyl groups excluding tert-OH is 1. The maximum atomic E-state index is 13.1. The summed E-state index contributed by atoms with van der Waals surface area (Å²) in [4.78, 5) is 21.5. The van der Waals surface area contributed by atoms with E-state index in [-0.39, 0.29) is 5.82 Å². The number of anilines is 1. The number of hydrogen-bond acceptors (Lipinski definition) is 4. The molecule has 6 nitrogen and oxygen atoms in total. The Bertz CT molecular complexity index is 526. The lowest BCUT2D eigenvalue weighted by atomic mass is 10.2. The second kappa shape index (κ2) is 5.12. The number of halogens is 3. The van der Waals surface area contributed by atoms with Crippen molar-refractivity contribution in [3.8, 4) is 0 Å². The Kier molecular flexibility index (Phi) is 3.81. The van der Waals surface area contributed by atoms with E-state index in [1.54, 1.807) is 6.92 Å². The molecule has 110 valence electrons. The molecule has 9 heteroatoms. The average molecular weight is 308 g/mol. The maximum absolute atomic E-state index is 13.1. The molecule has 1 fully saturated rings. The predicted octanol–water partition coefficient (Wildman–Crippen LogP) is 1.88. The molecule has 20 heavy (non-hydrogen) atoms. The summed E-state index contributed by atoms with van der Waals surface area (Å²) in [6, 6.07) is 0.602. The number of hydrogen-bond donors (Lipinski definition) is 1. The number of rotatable bonds is 3. The van der Waals surface area contributed by atoms with Crippen molar-refractivity contribution in [1.82, 2.24) is 10.0 Å². The third kappa shape index (κ3) is 2.41. The normalized spacial score (nSPS) is 23.6. The van der Waals surface area contributed by atoms with Crippen molar-refractivity contribution in [3.63, 3.8) is 0 Å². The first kappa shape index (κ1) is 14.9. The molecule has 1 aliphatic heterocycles. The van der Waals surface area contributed by atoms with E-state index in [1.807, 2.05) is 0 Å². The Morgan fingerprint density at radius 3 is 2.70 bits per heavy atom. The van der Waals surface area contributed by atoms with Gasteiger partial charge in [0.05, 0.1) is 7.11 Å². The zero-order valence-corrected chi connectivity index (χ0v) is 11.4. The lowest BCUT2D eigenvalue weighted by molar-refractivity contribution is -0.111. The van der Waals surface area contributed by atoms with Gasteiger partial charge in [0.15, 0.2) is 6.23 Å². The van der Waals surface area contributed by atoms with Gasteiger partial charge in [-0.25, -0.2) is 14.7 Å². The van der Waals surface area contributed by atoms with Crippen LogP contribution in [-0.4, -0.2) is 40.6 Å². The van der Waals surface area contributed by atoms with Crippen LogP contribution in [0.4, 0.5) is 19.4 Å². The van der Waals surface area contributed by atoms with Crippen LogP contribution in [-0.2, 0) is 10.2 Å². The molecule has 2 atom stereocenters. The molecule has 1 aliphatic rings. The number of hydroxylamine groups is 2. The number of aromatic nitrogens is 1. The molecule has 0 aromatic carbocycles. The van der Waals surface area contributed by atoms with E-state index in [4.69, 9.17) is 16.4 Å². The molecule has 0 saturated carbocycles. The van der Waals surface area contributed by atoms with Crippen LogP contribution in [0.15, 0.2) is 18.3 Å². The summed E-state index contributed by atoms with van der Waals surface area (Å²) in [5.74, 6) is -0.133.